The molecule has 1 amide bonds. The number of rotatable bonds is 4. The third kappa shape index (κ3) is 3.30. The fourth-order valence-electron chi connectivity index (χ4n) is 1.82. The van der Waals surface area contributed by atoms with Gasteiger partial charge in [-0.1, -0.05) is 16.8 Å². The summed E-state index contributed by atoms with van der Waals surface area (Å²) in [5.74, 6) is -0.627. The van der Waals surface area contributed by atoms with E-state index >= 15 is 0 Å². The van der Waals surface area contributed by atoms with Gasteiger partial charge in [0.2, 0.25) is 0 Å². The Morgan fingerprint density at radius 2 is 2.36 bits per heavy atom. The number of benzene rings is 1. The van der Waals surface area contributed by atoms with E-state index in [4.69, 9.17) is 16.8 Å². The molecular formula is C13H10ClN5O2S. The Bertz CT molecular complexity index is 857. The van der Waals surface area contributed by atoms with Crippen molar-refractivity contribution in [2.45, 2.75) is 6.54 Å². The lowest BCUT2D eigenvalue weighted by Crippen LogP contribution is -2.14. The van der Waals surface area contributed by atoms with Crippen molar-refractivity contribution in [2.75, 3.05) is 0 Å². The first kappa shape index (κ1) is 14.6. The molecule has 0 fully saturated rings. The Balaban J connectivity index is 1.76. The van der Waals surface area contributed by atoms with E-state index in [9.17, 15) is 4.79 Å². The number of halogens is 1. The summed E-state index contributed by atoms with van der Waals surface area (Å²) < 4.78 is 2.68. The first-order chi connectivity index (χ1) is 10.6. The molecule has 0 spiro atoms. The monoisotopic (exact) mass is 335 g/mol. The number of carbonyl (C=O) groups is 1. The van der Waals surface area contributed by atoms with Crippen LogP contribution in [0.15, 0.2) is 30.5 Å². The highest BCUT2D eigenvalue weighted by Crippen LogP contribution is 2.25. The minimum Gasteiger partial charge on any atom is -0.288 e. The number of hydrogen-bond acceptors (Lipinski definition) is 6. The Kier molecular flexibility index (Phi) is 4.14. The standard InChI is InChI=1S/C13H10ClN5O2S/c14-8-1-3-11-10(5-8)15-13(22-11)7-19-6-9(16-18-19)2-4-12(20)17-21/h1-6,21H,7H2,(H,17,20). The number of hydroxylamine groups is 1. The lowest BCUT2D eigenvalue weighted by Gasteiger charge is -1.93. The summed E-state index contributed by atoms with van der Waals surface area (Å²) >= 11 is 7.50. The Labute approximate surface area is 133 Å². The van der Waals surface area contributed by atoms with Crippen LogP contribution in [0.1, 0.15) is 10.7 Å². The molecule has 9 heteroatoms. The maximum Gasteiger partial charge on any atom is 0.267 e. The largest absolute Gasteiger partial charge is 0.288 e. The molecule has 22 heavy (non-hydrogen) atoms. The fourth-order valence-corrected chi connectivity index (χ4v) is 2.93. The van der Waals surface area contributed by atoms with Crippen molar-refractivity contribution in [1.29, 1.82) is 0 Å². The van der Waals surface area contributed by atoms with Crippen molar-refractivity contribution in [3.8, 4) is 0 Å². The number of fused-ring (bicyclic) bond motifs is 1. The van der Waals surface area contributed by atoms with Crippen LogP contribution in [0.4, 0.5) is 0 Å². The van der Waals surface area contributed by atoms with E-state index in [1.54, 1.807) is 22.2 Å². The molecule has 0 aliphatic rings. The minimum atomic E-state index is -0.627. The average molecular weight is 336 g/mol. The normalized spacial score (nSPS) is 11.4. The summed E-state index contributed by atoms with van der Waals surface area (Å²) in [6.07, 6.45) is 4.29. The summed E-state index contributed by atoms with van der Waals surface area (Å²) in [4.78, 5) is 15.4. The predicted molar refractivity (Wildman–Crippen MR) is 82.7 cm³/mol. The third-order valence-corrected chi connectivity index (χ3v) is 4.02. The first-order valence-electron chi connectivity index (χ1n) is 6.21. The number of nitrogens with zero attached hydrogens (tertiary/aromatic N) is 4. The molecule has 0 saturated heterocycles. The van der Waals surface area contributed by atoms with E-state index in [0.29, 0.717) is 17.3 Å². The van der Waals surface area contributed by atoms with Gasteiger partial charge in [0.1, 0.15) is 10.7 Å². The second-order valence-corrected chi connectivity index (χ2v) is 5.92. The SMILES string of the molecule is O=C(C=Cc1cn(Cc2nc3cc(Cl)ccc3s2)nn1)NO. The van der Waals surface area contributed by atoms with Gasteiger partial charge in [0, 0.05) is 11.1 Å². The molecule has 7 nitrogen and oxygen atoms in total. The summed E-state index contributed by atoms with van der Waals surface area (Å²) in [5.41, 5.74) is 2.86. The number of amides is 1. The summed E-state index contributed by atoms with van der Waals surface area (Å²) in [5, 5.41) is 17.8. The molecule has 0 unspecified atom stereocenters. The van der Waals surface area contributed by atoms with Gasteiger partial charge in [-0.2, -0.15) is 0 Å². The van der Waals surface area contributed by atoms with E-state index in [1.807, 2.05) is 18.2 Å². The molecule has 0 aliphatic heterocycles. The molecule has 2 aromatic heterocycles. The molecule has 0 aliphatic carbocycles. The van der Waals surface area contributed by atoms with E-state index in [1.165, 1.54) is 11.6 Å². The third-order valence-electron chi connectivity index (χ3n) is 2.76. The van der Waals surface area contributed by atoms with Crippen LogP contribution in [0, 0.1) is 0 Å². The van der Waals surface area contributed by atoms with Crippen molar-refractivity contribution >= 4 is 45.1 Å². The van der Waals surface area contributed by atoms with Crippen molar-refractivity contribution in [3.05, 3.63) is 46.2 Å². The zero-order valence-electron chi connectivity index (χ0n) is 11.1. The molecular weight excluding hydrogens is 326 g/mol. The van der Waals surface area contributed by atoms with Gasteiger partial charge in [0.25, 0.3) is 5.91 Å². The Morgan fingerprint density at radius 3 is 3.18 bits per heavy atom. The molecule has 0 atom stereocenters. The van der Waals surface area contributed by atoms with Gasteiger partial charge in [0.05, 0.1) is 23.0 Å². The molecule has 2 heterocycles. The molecule has 0 saturated carbocycles. The molecule has 3 rings (SSSR count). The van der Waals surface area contributed by atoms with Crippen LogP contribution < -0.4 is 5.48 Å². The summed E-state index contributed by atoms with van der Waals surface area (Å²) in [7, 11) is 0. The van der Waals surface area contributed by atoms with Gasteiger partial charge in [-0.05, 0) is 24.3 Å². The maximum atomic E-state index is 10.9. The predicted octanol–water partition coefficient (Wildman–Crippen LogP) is 2.11. The van der Waals surface area contributed by atoms with Crippen LogP contribution in [0.25, 0.3) is 16.3 Å². The lowest BCUT2D eigenvalue weighted by atomic mass is 10.3. The van der Waals surface area contributed by atoms with Gasteiger partial charge >= 0.3 is 0 Å². The van der Waals surface area contributed by atoms with Crippen LogP contribution in [0.3, 0.4) is 0 Å². The second-order valence-electron chi connectivity index (χ2n) is 4.37. The number of thiazole rings is 1. The number of hydrogen-bond donors (Lipinski definition) is 2. The van der Waals surface area contributed by atoms with Crippen molar-refractivity contribution in [1.82, 2.24) is 25.5 Å². The van der Waals surface area contributed by atoms with Crippen LogP contribution >= 0.6 is 22.9 Å². The Hall–Kier alpha value is -2.29. The topological polar surface area (TPSA) is 92.9 Å². The molecule has 0 bridgehead atoms. The van der Waals surface area contributed by atoms with Crippen molar-refractivity contribution in [2.24, 2.45) is 0 Å². The number of nitrogens with one attached hydrogen (secondary N) is 1. The number of carbonyl (C=O) groups excluding carboxylic acids is 1. The summed E-state index contributed by atoms with van der Waals surface area (Å²) in [6, 6.07) is 5.58. The van der Waals surface area contributed by atoms with E-state index in [2.05, 4.69) is 15.3 Å². The van der Waals surface area contributed by atoms with E-state index in [-0.39, 0.29) is 0 Å². The van der Waals surface area contributed by atoms with Crippen molar-refractivity contribution in [3.63, 3.8) is 0 Å². The van der Waals surface area contributed by atoms with Gasteiger partial charge in [0.15, 0.2) is 0 Å². The molecule has 2 N–H and O–H groups in total. The van der Waals surface area contributed by atoms with Crippen LogP contribution in [0.2, 0.25) is 5.02 Å². The first-order valence-corrected chi connectivity index (χ1v) is 7.41. The second kappa shape index (κ2) is 6.22. The smallest absolute Gasteiger partial charge is 0.267 e. The van der Waals surface area contributed by atoms with Crippen LogP contribution in [-0.4, -0.2) is 31.1 Å². The molecule has 3 aromatic rings. The lowest BCUT2D eigenvalue weighted by molar-refractivity contribution is -0.124. The van der Waals surface area contributed by atoms with Crippen molar-refractivity contribution < 1.29 is 10.0 Å². The van der Waals surface area contributed by atoms with E-state index < -0.39 is 5.91 Å². The van der Waals surface area contributed by atoms with Gasteiger partial charge in [-0.15, -0.1) is 16.4 Å². The zero-order valence-corrected chi connectivity index (χ0v) is 12.7. The van der Waals surface area contributed by atoms with Crippen LogP contribution in [-0.2, 0) is 11.3 Å². The minimum absolute atomic E-state index is 0.476. The Morgan fingerprint density at radius 1 is 1.50 bits per heavy atom. The van der Waals surface area contributed by atoms with Gasteiger partial charge < -0.3 is 0 Å². The molecule has 1 aromatic carbocycles. The van der Waals surface area contributed by atoms with Crippen LogP contribution in [0.5, 0.6) is 0 Å². The molecule has 112 valence electrons. The van der Waals surface area contributed by atoms with E-state index in [0.717, 1.165) is 21.3 Å². The van der Waals surface area contributed by atoms with Gasteiger partial charge in [-0.25, -0.2) is 15.1 Å². The summed E-state index contributed by atoms with van der Waals surface area (Å²) in [6.45, 7) is 0.476. The zero-order chi connectivity index (χ0) is 15.5. The van der Waals surface area contributed by atoms with Gasteiger partial charge in [-0.3, -0.25) is 10.0 Å². The highest BCUT2D eigenvalue weighted by atomic mass is 35.5. The maximum absolute atomic E-state index is 10.9. The fraction of sp³-hybridized carbons (Fsp3) is 0.0769. The highest BCUT2D eigenvalue weighted by molar-refractivity contribution is 7.18. The quantitative estimate of drug-likeness (QED) is 0.433. The number of aromatic nitrogens is 4. The molecule has 0 radical (unpaired) electrons. The highest BCUT2D eigenvalue weighted by Gasteiger charge is 2.06. The average Bonchev–Trinajstić information content (AvgIpc) is 3.10.